The van der Waals surface area contributed by atoms with Crippen molar-refractivity contribution in [1.29, 1.82) is 5.26 Å². The van der Waals surface area contributed by atoms with Gasteiger partial charge in [-0.15, -0.1) is 0 Å². The number of likely N-dealkylation sites (N-methyl/N-ethyl adjacent to an activating group) is 1. The summed E-state index contributed by atoms with van der Waals surface area (Å²) in [6.07, 6.45) is 1.54. The second kappa shape index (κ2) is 6.42. The van der Waals surface area contributed by atoms with Crippen LogP contribution in [0.4, 0.5) is 0 Å². The van der Waals surface area contributed by atoms with Gasteiger partial charge in [0.2, 0.25) is 0 Å². The fraction of sp³-hybridized carbons (Fsp3) is 0.105. The molecule has 0 unspecified atom stereocenters. The second-order valence-electron chi connectivity index (χ2n) is 5.55. The van der Waals surface area contributed by atoms with Crippen LogP contribution in [-0.4, -0.2) is 23.8 Å². The molecule has 0 aliphatic carbocycles. The maximum Gasteiger partial charge on any atom is 0.271 e. The molecule has 6 heteroatoms. The first-order valence-corrected chi connectivity index (χ1v) is 7.81. The van der Waals surface area contributed by atoms with Gasteiger partial charge in [-0.3, -0.25) is 14.5 Å². The van der Waals surface area contributed by atoms with Gasteiger partial charge in [0, 0.05) is 23.2 Å². The molecule has 2 aromatic rings. The quantitative estimate of drug-likeness (QED) is 0.608. The molecule has 124 valence electrons. The summed E-state index contributed by atoms with van der Waals surface area (Å²) in [4.78, 5) is 25.2. The molecular formula is C19H13ClN2O3. The van der Waals surface area contributed by atoms with E-state index in [1.165, 1.54) is 13.1 Å². The van der Waals surface area contributed by atoms with E-state index in [0.29, 0.717) is 22.1 Å². The number of hydrogen-bond acceptors (Lipinski definition) is 4. The van der Waals surface area contributed by atoms with Crippen LogP contribution in [0.1, 0.15) is 12.7 Å². The summed E-state index contributed by atoms with van der Waals surface area (Å²) in [7, 11) is 1.35. The van der Waals surface area contributed by atoms with E-state index < -0.39 is 11.8 Å². The number of benzene rings is 1. The van der Waals surface area contributed by atoms with Crippen LogP contribution in [0.15, 0.2) is 57.5 Å². The fourth-order valence-corrected chi connectivity index (χ4v) is 2.67. The SMILES string of the molecule is CC1=C(C#N)C(=O)N(C)C(=O)/C1=C/c1ccc(-c2ccc(Cl)cc2)o1. The van der Waals surface area contributed by atoms with Crippen LogP contribution in [-0.2, 0) is 9.59 Å². The third-order valence-electron chi connectivity index (χ3n) is 3.99. The molecule has 0 fully saturated rings. The Morgan fingerprint density at radius 2 is 1.80 bits per heavy atom. The highest BCUT2D eigenvalue weighted by Gasteiger charge is 2.33. The van der Waals surface area contributed by atoms with Crippen LogP contribution in [0.2, 0.25) is 5.02 Å². The first-order chi connectivity index (χ1) is 11.9. The van der Waals surface area contributed by atoms with E-state index >= 15 is 0 Å². The lowest BCUT2D eigenvalue weighted by Crippen LogP contribution is -2.39. The van der Waals surface area contributed by atoms with Gasteiger partial charge in [-0.05, 0) is 55.0 Å². The number of carbonyl (C=O) groups excluding carboxylic acids is 2. The zero-order valence-corrected chi connectivity index (χ0v) is 14.3. The Morgan fingerprint density at radius 3 is 2.44 bits per heavy atom. The van der Waals surface area contributed by atoms with E-state index in [-0.39, 0.29) is 11.1 Å². The molecule has 0 saturated carbocycles. The van der Waals surface area contributed by atoms with Gasteiger partial charge in [0.05, 0.1) is 0 Å². The summed E-state index contributed by atoms with van der Waals surface area (Å²) in [5.41, 5.74) is 1.41. The minimum absolute atomic E-state index is 0.0437. The molecule has 2 amide bonds. The van der Waals surface area contributed by atoms with Crippen LogP contribution >= 0.6 is 11.6 Å². The van der Waals surface area contributed by atoms with Crippen molar-refractivity contribution in [3.05, 3.63) is 63.9 Å². The van der Waals surface area contributed by atoms with Crippen molar-refractivity contribution in [2.45, 2.75) is 6.92 Å². The summed E-state index contributed by atoms with van der Waals surface area (Å²) in [6.45, 7) is 1.58. The number of halogens is 1. The molecule has 25 heavy (non-hydrogen) atoms. The van der Waals surface area contributed by atoms with Crippen LogP contribution in [0, 0.1) is 11.3 Å². The van der Waals surface area contributed by atoms with Crippen molar-refractivity contribution in [3.8, 4) is 17.4 Å². The molecule has 1 aliphatic rings. The molecule has 3 rings (SSSR count). The minimum atomic E-state index is -0.594. The molecule has 1 aromatic carbocycles. The molecule has 0 spiro atoms. The molecule has 1 aliphatic heterocycles. The Morgan fingerprint density at radius 1 is 1.12 bits per heavy atom. The first-order valence-electron chi connectivity index (χ1n) is 7.43. The summed E-state index contributed by atoms with van der Waals surface area (Å²) < 4.78 is 5.76. The molecule has 5 nitrogen and oxygen atoms in total. The van der Waals surface area contributed by atoms with Gasteiger partial charge < -0.3 is 4.42 Å². The summed E-state index contributed by atoms with van der Waals surface area (Å²) in [5, 5.41) is 9.79. The number of furan rings is 1. The lowest BCUT2D eigenvalue weighted by atomic mass is 9.95. The summed E-state index contributed by atoms with van der Waals surface area (Å²) in [5.74, 6) is 0.0143. The van der Waals surface area contributed by atoms with E-state index in [1.807, 2.05) is 18.2 Å². The van der Waals surface area contributed by atoms with E-state index in [1.54, 1.807) is 31.2 Å². The standard InChI is InChI=1S/C19H13ClN2O3/c1-11-15(18(23)22(2)19(24)16(11)10-21)9-14-7-8-17(25-14)12-3-5-13(20)6-4-12/h3-9H,1-2H3/b15-9+. The largest absolute Gasteiger partial charge is 0.457 e. The first kappa shape index (κ1) is 16.7. The highest BCUT2D eigenvalue weighted by atomic mass is 35.5. The third-order valence-corrected chi connectivity index (χ3v) is 4.24. The minimum Gasteiger partial charge on any atom is -0.457 e. The predicted octanol–water partition coefficient (Wildman–Crippen LogP) is 3.82. The molecular weight excluding hydrogens is 340 g/mol. The van der Waals surface area contributed by atoms with E-state index in [2.05, 4.69) is 0 Å². The summed E-state index contributed by atoms with van der Waals surface area (Å²) in [6, 6.07) is 12.5. The Kier molecular flexibility index (Phi) is 4.30. The van der Waals surface area contributed by atoms with Crippen molar-refractivity contribution in [3.63, 3.8) is 0 Å². The fourth-order valence-electron chi connectivity index (χ4n) is 2.54. The van der Waals surface area contributed by atoms with Crippen molar-refractivity contribution in [2.24, 2.45) is 0 Å². The van der Waals surface area contributed by atoms with Gasteiger partial charge in [-0.1, -0.05) is 11.6 Å². The van der Waals surface area contributed by atoms with Crippen molar-refractivity contribution < 1.29 is 14.0 Å². The van der Waals surface area contributed by atoms with Gasteiger partial charge >= 0.3 is 0 Å². The zero-order valence-electron chi connectivity index (χ0n) is 13.5. The highest BCUT2D eigenvalue weighted by molar-refractivity contribution is 6.30. The van der Waals surface area contributed by atoms with E-state index in [9.17, 15) is 9.59 Å². The van der Waals surface area contributed by atoms with Crippen LogP contribution in [0.3, 0.4) is 0 Å². The van der Waals surface area contributed by atoms with Crippen LogP contribution in [0.25, 0.3) is 17.4 Å². The number of carbonyl (C=O) groups is 2. The van der Waals surface area contributed by atoms with Gasteiger partial charge in [0.15, 0.2) is 0 Å². The molecule has 0 bridgehead atoms. The molecule has 0 radical (unpaired) electrons. The smallest absolute Gasteiger partial charge is 0.271 e. The molecule has 2 heterocycles. The molecule has 0 N–H and O–H groups in total. The Balaban J connectivity index is 2.02. The van der Waals surface area contributed by atoms with E-state index in [4.69, 9.17) is 21.3 Å². The van der Waals surface area contributed by atoms with Crippen molar-refractivity contribution >= 4 is 29.5 Å². The number of nitriles is 1. The van der Waals surface area contributed by atoms with Gasteiger partial charge in [0.25, 0.3) is 11.8 Å². The summed E-state index contributed by atoms with van der Waals surface area (Å²) >= 11 is 5.88. The molecule has 1 aromatic heterocycles. The zero-order chi connectivity index (χ0) is 18.1. The Hall–Kier alpha value is -3.10. The van der Waals surface area contributed by atoms with Crippen LogP contribution in [0.5, 0.6) is 0 Å². The van der Waals surface area contributed by atoms with Crippen LogP contribution < -0.4 is 0 Å². The lowest BCUT2D eigenvalue weighted by Gasteiger charge is -2.23. The van der Waals surface area contributed by atoms with Crippen molar-refractivity contribution in [2.75, 3.05) is 7.05 Å². The number of imide groups is 1. The number of nitrogens with zero attached hydrogens (tertiary/aromatic N) is 2. The molecule has 0 saturated heterocycles. The lowest BCUT2D eigenvalue weighted by molar-refractivity contribution is -0.138. The van der Waals surface area contributed by atoms with Gasteiger partial charge in [-0.25, -0.2) is 0 Å². The monoisotopic (exact) mass is 352 g/mol. The average Bonchev–Trinajstić information content (AvgIpc) is 3.07. The van der Waals surface area contributed by atoms with Gasteiger partial charge in [0.1, 0.15) is 23.2 Å². The Bertz CT molecular complexity index is 975. The Labute approximate surface area is 149 Å². The number of hydrogen-bond donors (Lipinski definition) is 0. The predicted molar refractivity (Wildman–Crippen MR) is 93.2 cm³/mol. The van der Waals surface area contributed by atoms with Crippen molar-refractivity contribution in [1.82, 2.24) is 4.90 Å². The number of amides is 2. The topological polar surface area (TPSA) is 74.3 Å². The maximum atomic E-state index is 12.4. The third kappa shape index (κ3) is 3.00. The second-order valence-corrected chi connectivity index (χ2v) is 5.98. The van der Waals surface area contributed by atoms with E-state index in [0.717, 1.165) is 10.5 Å². The normalized spacial score (nSPS) is 16.6. The number of rotatable bonds is 2. The average molecular weight is 353 g/mol. The highest BCUT2D eigenvalue weighted by Crippen LogP contribution is 2.29. The van der Waals surface area contributed by atoms with Gasteiger partial charge in [-0.2, -0.15) is 5.26 Å². The maximum absolute atomic E-state index is 12.4. The molecule has 0 atom stereocenters.